The molecule has 0 amide bonds. The summed E-state index contributed by atoms with van der Waals surface area (Å²) in [7, 11) is 0. The van der Waals surface area contributed by atoms with E-state index in [9.17, 15) is 0 Å². The number of nitrogens with two attached hydrogens (primary N) is 1. The quantitative estimate of drug-likeness (QED) is 0.846. The van der Waals surface area contributed by atoms with Crippen molar-refractivity contribution in [2.24, 2.45) is 0 Å². The van der Waals surface area contributed by atoms with Crippen LogP contribution in [0.1, 0.15) is 18.7 Å². The summed E-state index contributed by atoms with van der Waals surface area (Å²) in [5.74, 6) is 1.000. The zero-order valence-electron chi connectivity index (χ0n) is 10.3. The highest BCUT2D eigenvalue weighted by molar-refractivity contribution is 9.10. The number of anilines is 2. The lowest BCUT2D eigenvalue weighted by Gasteiger charge is -2.23. The van der Waals surface area contributed by atoms with Crippen molar-refractivity contribution < 1.29 is 0 Å². The first-order chi connectivity index (χ1) is 8.47. The Balaban J connectivity index is 2.07. The number of hydrogen-bond acceptors (Lipinski definition) is 5. The summed E-state index contributed by atoms with van der Waals surface area (Å²) < 4.78 is 0.687. The van der Waals surface area contributed by atoms with Crippen molar-refractivity contribution in [1.82, 2.24) is 9.97 Å². The van der Waals surface area contributed by atoms with Gasteiger partial charge in [0.25, 0.3) is 0 Å². The number of aromatic nitrogens is 2. The minimum absolute atomic E-state index is 0.0363. The maximum atomic E-state index is 5.67. The number of nitrogens with zero attached hydrogens (tertiary/aromatic N) is 2. The van der Waals surface area contributed by atoms with E-state index in [0.717, 1.165) is 6.54 Å². The predicted molar refractivity (Wildman–Crippen MR) is 80.0 cm³/mol. The molecule has 0 aliphatic carbocycles. The minimum atomic E-state index is 0.0363. The maximum absolute atomic E-state index is 5.67. The molecule has 0 aromatic carbocycles. The van der Waals surface area contributed by atoms with Gasteiger partial charge in [0.1, 0.15) is 10.4 Å². The van der Waals surface area contributed by atoms with E-state index >= 15 is 0 Å². The van der Waals surface area contributed by atoms with E-state index in [1.54, 1.807) is 17.4 Å². The highest BCUT2D eigenvalue weighted by Gasteiger charge is 2.21. The molecule has 96 valence electrons. The molecule has 0 aliphatic rings. The molecule has 0 atom stereocenters. The third-order valence-corrected chi connectivity index (χ3v) is 4.23. The Morgan fingerprint density at radius 2 is 2.22 bits per heavy atom. The molecule has 2 rings (SSSR count). The number of nitrogen functional groups attached to an aromatic ring is 1. The van der Waals surface area contributed by atoms with Crippen LogP contribution in [0, 0.1) is 0 Å². The van der Waals surface area contributed by atoms with Crippen molar-refractivity contribution in [2.75, 3.05) is 17.6 Å². The zero-order valence-corrected chi connectivity index (χ0v) is 12.7. The van der Waals surface area contributed by atoms with Crippen LogP contribution in [0.3, 0.4) is 0 Å². The molecule has 0 saturated carbocycles. The first-order valence-corrected chi connectivity index (χ1v) is 7.22. The van der Waals surface area contributed by atoms with Crippen molar-refractivity contribution in [3.8, 4) is 0 Å². The Bertz CT molecular complexity index is 505. The van der Waals surface area contributed by atoms with Gasteiger partial charge in [0.15, 0.2) is 0 Å². The van der Waals surface area contributed by atoms with Crippen molar-refractivity contribution in [1.29, 1.82) is 0 Å². The first kappa shape index (κ1) is 13.3. The summed E-state index contributed by atoms with van der Waals surface area (Å²) in [6, 6.07) is 5.88. The van der Waals surface area contributed by atoms with Crippen LogP contribution < -0.4 is 11.1 Å². The highest BCUT2D eigenvalue weighted by atomic mass is 79.9. The van der Waals surface area contributed by atoms with E-state index in [2.05, 4.69) is 62.6 Å². The number of rotatable bonds is 4. The number of halogens is 1. The lowest BCUT2D eigenvalue weighted by atomic mass is 9.91. The molecule has 3 N–H and O–H groups in total. The molecule has 6 heteroatoms. The minimum Gasteiger partial charge on any atom is -0.383 e. The van der Waals surface area contributed by atoms with E-state index in [-0.39, 0.29) is 5.41 Å². The normalized spacial score (nSPS) is 11.5. The molecule has 0 aliphatic heterocycles. The second kappa shape index (κ2) is 5.24. The van der Waals surface area contributed by atoms with Crippen molar-refractivity contribution in [3.05, 3.63) is 33.1 Å². The van der Waals surface area contributed by atoms with Crippen LogP contribution in [0.25, 0.3) is 0 Å². The third-order valence-electron chi connectivity index (χ3n) is 2.59. The largest absolute Gasteiger partial charge is 0.383 e. The molecule has 18 heavy (non-hydrogen) atoms. The Morgan fingerprint density at radius 3 is 2.83 bits per heavy atom. The summed E-state index contributed by atoms with van der Waals surface area (Å²) in [6.45, 7) is 5.13. The average molecular weight is 327 g/mol. The molecule has 0 saturated heterocycles. The molecule has 2 aromatic heterocycles. The smallest absolute Gasteiger partial charge is 0.225 e. The van der Waals surface area contributed by atoms with Crippen LogP contribution in [0.4, 0.5) is 11.8 Å². The topological polar surface area (TPSA) is 63.8 Å². The predicted octanol–water partition coefficient (Wildman–Crippen LogP) is 3.27. The second-order valence-electron chi connectivity index (χ2n) is 4.65. The second-order valence-corrected chi connectivity index (χ2v) is 6.41. The van der Waals surface area contributed by atoms with Gasteiger partial charge in [-0.1, -0.05) is 19.9 Å². The van der Waals surface area contributed by atoms with Crippen molar-refractivity contribution >= 4 is 39.0 Å². The molecule has 0 radical (unpaired) electrons. The molecule has 0 unspecified atom stereocenters. The van der Waals surface area contributed by atoms with Gasteiger partial charge in [0.2, 0.25) is 5.95 Å². The fraction of sp³-hybridized carbons (Fsp3) is 0.333. The molecule has 0 spiro atoms. The molecular weight excluding hydrogens is 312 g/mol. The number of nitrogens with one attached hydrogen (secondary N) is 1. The first-order valence-electron chi connectivity index (χ1n) is 5.55. The molecule has 2 aromatic rings. The number of hydrogen-bond donors (Lipinski definition) is 2. The van der Waals surface area contributed by atoms with Crippen LogP contribution in [-0.4, -0.2) is 16.5 Å². The summed E-state index contributed by atoms with van der Waals surface area (Å²) in [5.41, 5.74) is 5.71. The van der Waals surface area contributed by atoms with Crippen molar-refractivity contribution in [2.45, 2.75) is 19.3 Å². The summed E-state index contributed by atoms with van der Waals surface area (Å²) in [4.78, 5) is 9.72. The van der Waals surface area contributed by atoms with Gasteiger partial charge in [0.05, 0.1) is 0 Å². The molecule has 4 nitrogen and oxygen atoms in total. The van der Waals surface area contributed by atoms with Gasteiger partial charge in [-0.3, -0.25) is 0 Å². The Hall–Kier alpha value is -1.14. The lowest BCUT2D eigenvalue weighted by Crippen LogP contribution is -2.27. The van der Waals surface area contributed by atoms with E-state index in [4.69, 9.17) is 5.73 Å². The third kappa shape index (κ3) is 3.20. The monoisotopic (exact) mass is 326 g/mol. The van der Waals surface area contributed by atoms with Crippen molar-refractivity contribution in [3.63, 3.8) is 0 Å². The van der Waals surface area contributed by atoms with E-state index in [0.29, 0.717) is 16.4 Å². The fourth-order valence-corrected chi connectivity index (χ4v) is 2.82. The van der Waals surface area contributed by atoms with E-state index < -0.39 is 0 Å². The van der Waals surface area contributed by atoms with E-state index in [1.165, 1.54) is 4.88 Å². The highest BCUT2D eigenvalue weighted by Crippen LogP contribution is 2.27. The average Bonchev–Trinajstić information content (AvgIpc) is 2.79. The van der Waals surface area contributed by atoms with Gasteiger partial charge in [-0.15, -0.1) is 11.3 Å². The van der Waals surface area contributed by atoms with Gasteiger partial charge in [-0.2, -0.15) is 4.98 Å². The molecule has 2 heterocycles. The van der Waals surface area contributed by atoms with Crippen LogP contribution in [-0.2, 0) is 5.41 Å². The number of thiophene rings is 1. The zero-order chi connectivity index (χ0) is 13.2. The Kier molecular flexibility index (Phi) is 3.87. The van der Waals surface area contributed by atoms with Gasteiger partial charge in [-0.05, 0) is 27.4 Å². The molecular formula is C12H15BrN4S. The van der Waals surface area contributed by atoms with Crippen LogP contribution >= 0.6 is 27.3 Å². The fourth-order valence-electron chi connectivity index (χ4n) is 1.56. The summed E-state index contributed by atoms with van der Waals surface area (Å²) in [5, 5.41) is 5.32. The molecule has 0 bridgehead atoms. The molecule has 0 fully saturated rings. The SMILES string of the molecule is CC(C)(CNc1nc(N)cc(Br)n1)c1cccs1. The van der Waals surface area contributed by atoms with Gasteiger partial charge in [-0.25, -0.2) is 4.98 Å². The standard InChI is InChI=1S/C12H15BrN4S/c1-12(2,8-4-3-5-18-8)7-15-11-16-9(13)6-10(14)17-11/h3-6H,7H2,1-2H3,(H3,14,15,16,17). The van der Waals surface area contributed by atoms with Gasteiger partial charge >= 0.3 is 0 Å². The van der Waals surface area contributed by atoms with Crippen LogP contribution in [0.2, 0.25) is 0 Å². The van der Waals surface area contributed by atoms with Crippen LogP contribution in [0.5, 0.6) is 0 Å². The lowest BCUT2D eigenvalue weighted by molar-refractivity contribution is 0.567. The Labute approximate surface area is 119 Å². The van der Waals surface area contributed by atoms with Crippen LogP contribution in [0.15, 0.2) is 28.2 Å². The summed E-state index contributed by atoms with van der Waals surface area (Å²) >= 11 is 5.06. The Morgan fingerprint density at radius 1 is 1.44 bits per heavy atom. The van der Waals surface area contributed by atoms with Gasteiger partial charge < -0.3 is 11.1 Å². The maximum Gasteiger partial charge on any atom is 0.225 e. The van der Waals surface area contributed by atoms with E-state index in [1.807, 2.05) is 0 Å². The van der Waals surface area contributed by atoms with Gasteiger partial charge in [0, 0.05) is 22.9 Å². The summed E-state index contributed by atoms with van der Waals surface area (Å²) in [6.07, 6.45) is 0.